The second-order valence-corrected chi connectivity index (χ2v) is 6.52. The maximum Gasteiger partial charge on any atom is 0.140 e. The predicted molar refractivity (Wildman–Crippen MR) is 108 cm³/mol. The van der Waals surface area contributed by atoms with Crippen molar-refractivity contribution >= 4 is 22.3 Å². The molecular weight excluding hydrogens is 341 g/mol. The smallest absolute Gasteiger partial charge is 0.140 e. The fraction of sp³-hybridized carbons (Fsp3) is 0.227. The lowest BCUT2D eigenvalue weighted by molar-refractivity contribution is 0.356. The fourth-order valence-corrected chi connectivity index (χ4v) is 3.45. The Kier molecular flexibility index (Phi) is 5.03. The summed E-state index contributed by atoms with van der Waals surface area (Å²) >= 11 is 0. The summed E-state index contributed by atoms with van der Waals surface area (Å²) in [6.07, 6.45) is 0. The van der Waals surface area contributed by atoms with E-state index < -0.39 is 0 Å². The number of fused-ring (bicyclic) bond motifs is 1. The first-order valence-electron chi connectivity index (χ1n) is 9.12. The predicted octanol–water partition coefficient (Wildman–Crippen LogP) is 3.97. The molecule has 1 saturated heterocycles. The topological polar surface area (TPSA) is 36.9 Å². The molecule has 0 spiro atoms. The maximum atomic E-state index is 13.3. The molecule has 0 radical (unpaired) electrons. The normalized spacial score (nSPS) is 15.2. The van der Waals surface area contributed by atoms with Crippen LogP contribution in [0.5, 0.6) is 5.75 Å². The third kappa shape index (κ3) is 3.64. The zero-order valence-corrected chi connectivity index (χ0v) is 15.3. The molecule has 0 amide bonds. The average Bonchev–Trinajstić information content (AvgIpc) is 2.73. The van der Waals surface area contributed by atoms with Crippen molar-refractivity contribution in [3.05, 3.63) is 72.0 Å². The average molecular weight is 363 g/mol. The number of aliphatic imine (C=N–C) groups is 1. The summed E-state index contributed by atoms with van der Waals surface area (Å²) in [4.78, 5) is 7.13. The van der Waals surface area contributed by atoms with Gasteiger partial charge in [-0.25, -0.2) is 9.38 Å². The molecule has 0 aromatic heterocycles. The monoisotopic (exact) mass is 363 g/mol. The molecule has 3 aromatic carbocycles. The van der Waals surface area contributed by atoms with Crippen LogP contribution < -0.4 is 10.1 Å². The van der Waals surface area contributed by atoms with E-state index in [1.54, 1.807) is 19.2 Å². The van der Waals surface area contributed by atoms with Gasteiger partial charge in [0, 0.05) is 31.6 Å². The number of rotatable bonds is 3. The Labute approximate surface area is 158 Å². The largest absolute Gasteiger partial charge is 0.495 e. The molecule has 0 aliphatic carbocycles. The van der Waals surface area contributed by atoms with Gasteiger partial charge in [-0.3, -0.25) is 0 Å². The number of benzene rings is 3. The van der Waals surface area contributed by atoms with E-state index in [9.17, 15) is 4.39 Å². The van der Waals surface area contributed by atoms with Crippen molar-refractivity contribution in [2.45, 2.75) is 0 Å². The summed E-state index contributed by atoms with van der Waals surface area (Å²) in [5.74, 6) is 1.40. The lowest BCUT2D eigenvalue weighted by Gasteiger charge is -2.31. The van der Waals surface area contributed by atoms with Crippen LogP contribution in [0.3, 0.4) is 0 Å². The first-order valence-corrected chi connectivity index (χ1v) is 9.12. The Morgan fingerprint density at radius 3 is 2.48 bits per heavy atom. The molecule has 5 heteroatoms. The number of piperazine rings is 1. The van der Waals surface area contributed by atoms with Crippen molar-refractivity contribution in [3.63, 3.8) is 0 Å². The lowest BCUT2D eigenvalue weighted by Crippen LogP contribution is -2.46. The van der Waals surface area contributed by atoms with Gasteiger partial charge in [-0.15, -0.1) is 0 Å². The molecule has 0 unspecified atom stereocenters. The second-order valence-electron chi connectivity index (χ2n) is 6.52. The number of methoxy groups -OCH3 is 1. The zero-order valence-electron chi connectivity index (χ0n) is 15.3. The molecular formula is C22H22FN3O. The Balaban J connectivity index is 1.87. The van der Waals surface area contributed by atoms with Crippen LogP contribution in [0.2, 0.25) is 0 Å². The highest BCUT2D eigenvalue weighted by Crippen LogP contribution is 2.32. The van der Waals surface area contributed by atoms with Crippen LogP contribution in [0.15, 0.2) is 65.7 Å². The van der Waals surface area contributed by atoms with Gasteiger partial charge in [0.2, 0.25) is 0 Å². The molecule has 3 aromatic rings. The molecule has 4 nitrogen and oxygen atoms in total. The van der Waals surface area contributed by atoms with Crippen LogP contribution in [-0.4, -0.2) is 44.0 Å². The lowest BCUT2D eigenvalue weighted by atomic mass is 10.0. The van der Waals surface area contributed by atoms with E-state index in [0.29, 0.717) is 0 Å². The third-order valence-electron chi connectivity index (χ3n) is 4.80. The summed E-state index contributed by atoms with van der Waals surface area (Å²) in [6.45, 7) is 3.52. The van der Waals surface area contributed by atoms with Gasteiger partial charge < -0.3 is 15.0 Å². The second kappa shape index (κ2) is 7.76. The van der Waals surface area contributed by atoms with Crippen LogP contribution >= 0.6 is 0 Å². The van der Waals surface area contributed by atoms with E-state index in [-0.39, 0.29) is 5.82 Å². The summed E-state index contributed by atoms with van der Waals surface area (Å²) in [7, 11) is 1.69. The standard InChI is InChI=1S/C22H22FN3O/c1-27-21-19-5-3-2-4-16(19)6-11-20(21)22(26-14-12-24-13-15-26)25-18-9-7-17(23)8-10-18/h2-11,24H,12-15H2,1H3. The minimum Gasteiger partial charge on any atom is -0.495 e. The molecule has 1 heterocycles. The Morgan fingerprint density at radius 2 is 1.74 bits per heavy atom. The van der Waals surface area contributed by atoms with E-state index in [4.69, 9.17) is 9.73 Å². The molecule has 1 N–H and O–H groups in total. The minimum absolute atomic E-state index is 0.263. The van der Waals surface area contributed by atoms with Crippen molar-refractivity contribution in [1.82, 2.24) is 10.2 Å². The van der Waals surface area contributed by atoms with E-state index in [1.165, 1.54) is 12.1 Å². The van der Waals surface area contributed by atoms with Crippen LogP contribution in [0.1, 0.15) is 5.56 Å². The van der Waals surface area contributed by atoms with Gasteiger partial charge in [-0.2, -0.15) is 0 Å². The fourth-order valence-electron chi connectivity index (χ4n) is 3.45. The van der Waals surface area contributed by atoms with Gasteiger partial charge in [0.25, 0.3) is 0 Å². The van der Waals surface area contributed by atoms with Crippen molar-refractivity contribution < 1.29 is 9.13 Å². The van der Waals surface area contributed by atoms with Crippen molar-refractivity contribution in [1.29, 1.82) is 0 Å². The highest BCUT2D eigenvalue weighted by molar-refractivity contribution is 6.07. The highest BCUT2D eigenvalue weighted by atomic mass is 19.1. The quantitative estimate of drug-likeness (QED) is 0.565. The number of nitrogens with zero attached hydrogens (tertiary/aromatic N) is 2. The molecule has 27 heavy (non-hydrogen) atoms. The molecule has 0 saturated carbocycles. The van der Waals surface area contributed by atoms with Crippen molar-refractivity contribution in [2.75, 3.05) is 33.3 Å². The summed E-state index contributed by atoms with van der Waals surface area (Å²) in [6, 6.07) is 18.6. The summed E-state index contributed by atoms with van der Waals surface area (Å²) < 4.78 is 19.1. The number of ether oxygens (including phenoxy) is 1. The zero-order chi connectivity index (χ0) is 18.6. The Morgan fingerprint density at radius 1 is 1.00 bits per heavy atom. The van der Waals surface area contributed by atoms with E-state index in [0.717, 1.165) is 59.8 Å². The minimum atomic E-state index is -0.263. The van der Waals surface area contributed by atoms with Gasteiger partial charge in [-0.1, -0.05) is 30.3 Å². The van der Waals surface area contributed by atoms with Gasteiger partial charge in [-0.05, 0) is 35.7 Å². The van der Waals surface area contributed by atoms with E-state index in [2.05, 4.69) is 34.5 Å². The highest BCUT2D eigenvalue weighted by Gasteiger charge is 2.21. The van der Waals surface area contributed by atoms with Crippen LogP contribution in [0.25, 0.3) is 10.8 Å². The third-order valence-corrected chi connectivity index (χ3v) is 4.80. The molecule has 0 atom stereocenters. The molecule has 1 aliphatic rings. The van der Waals surface area contributed by atoms with Gasteiger partial charge in [0.1, 0.15) is 17.4 Å². The Hall–Kier alpha value is -2.92. The van der Waals surface area contributed by atoms with Gasteiger partial charge in [0.05, 0.1) is 18.4 Å². The Bertz CT molecular complexity index is 963. The molecule has 4 rings (SSSR count). The molecule has 0 bridgehead atoms. The van der Waals surface area contributed by atoms with E-state index in [1.807, 2.05) is 12.1 Å². The van der Waals surface area contributed by atoms with Crippen LogP contribution in [0, 0.1) is 5.82 Å². The number of nitrogens with one attached hydrogen (secondary N) is 1. The number of halogens is 1. The van der Waals surface area contributed by atoms with Gasteiger partial charge >= 0.3 is 0 Å². The molecule has 1 fully saturated rings. The molecule has 1 aliphatic heterocycles. The SMILES string of the molecule is COc1c(C(=Nc2ccc(F)cc2)N2CCNCC2)ccc2ccccc12. The number of hydrogen-bond donors (Lipinski definition) is 1. The number of amidine groups is 1. The summed E-state index contributed by atoms with van der Waals surface area (Å²) in [5.41, 5.74) is 1.67. The van der Waals surface area contributed by atoms with Gasteiger partial charge in [0.15, 0.2) is 0 Å². The van der Waals surface area contributed by atoms with Crippen LogP contribution in [0.4, 0.5) is 10.1 Å². The van der Waals surface area contributed by atoms with Crippen molar-refractivity contribution in [3.8, 4) is 5.75 Å². The summed E-state index contributed by atoms with van der Waals surface area (Å²) in [5, 5.41) is 5.55. The van der Waals surface area contributed by atoms with E-state index >= 15 is 0 Å². The van der Waals surface area contributed by atoms with Crippen LogP contribution in [-0.2, 0) is 0 Å². The molecule has 138 valence electrons. The number of hydrogen-bond acceptors (Lipinski definition) is 3. The maximum absolute atomic E-state index is 13.3. The first-order chi connectivity index (χ1) is 13.3. The first kappa shape index (κ1) is 17.5. The van der Waals surface area contributed by atoms with Crippen molar-refractivity contribution in [2.24, 2.45) is 4.99 Å².